The molecule has 0 radical (unpaired) electrons. The maximum Gasteiger partial charge on any atom is 0.325 e. The van der Waals surface area contributed by atoms with Gasteiger partial charge in [0, 0.05) is 25.0 Å². The van der Waals surface area contributed by atoms with Crippen LogP contribution in [0, 0.1) is 0 Å². The van der Waals surface area contributed by atoms with E-state index in [4.69, 9.17) is 0 Å². The highest BCUT2D eigenvalue weighted by molar-refractivity contribution is 6.07. The summed E-state index contributed by atoms with van der Waals surface area (Å²) in [5, 5.41) is 9.99. The number of imide groups is 1. The average molecular weight is 404 g/mol. The van der Waals surface area contributed by atoms with Gasteiger partial charge in [0.15, 0.2) is 5.65 Å². The van der Waals surface area contributed by atoms with Crippen LogP contribution in [0.15, 0.2) is 48.7 Å². The summed E-state index contributed by atoms with van der Waals surface area (Å²) in [5.41, 5.74) is 0.919. The minimum Gasteiger partial charge on any atom is -0.337 e. The topological polar surface area (TPSA) is 111 Å². The maximum absolute atomic E-state index is 12.9. The van der Waals surface area contributed by atoms with Crippen LogP contribution in [-0.2, 0) is 11.3 Å². The van der Waals surface area contributed by atoms with Crippen molar-refractivity contribution in [3.63, 3.8) is 0 Å². The van der Waals surface area contributed by atoms with Crippen LogP contribution < -0.4 is 5.32 Å². The first kappa shape index (κ1) is 18.3. The zero-order chi connectivity index (χ0) is 20.7. The van der Waals surface area contributed by atoms with Crippen molar-refractivity contribution >= 4 is 28.9 Å². The average Bonchev–Trinajstić information content (AvgIpc) is 3.33. The second-order valence-corrected chi connectivity index (χ2v) is 7.66. The lowest BCUT2D eigenvalue weighted by Gasteiger charge is -2.42. The van der Waals surface area contributed by atoms with Crippen molar-refractivity contribution in [2.75, 3.05) is 13.1 Å². The molecule has 2 saturated heterocycles. The number of likely N-dealkylation sites (tertiary alicyclic amines) is 1. The molecule has 0 aliphatic carbocycles. The minimum atomic E-state index is -0.926. The van der Waals surface area contributed by atoms with E-state index in [2.05, 4.69) is 20.5 Å². The van der Waals surface area contributed by atoms with Crippen LogP contribution in [0.4, 0.5) is 4.79 Å². The standard InChI is InChI=1S/C21H20N6O3/c28-18(16-7-6-15-12-22-25-17(15)23-16)26-10-8-21(9-11-26)19(29)24-20(30)27(21)13-14-4-2-1-3-5-14/h1-7,12H,8-11,13H2,(H,22,23,25)(H,24,29,30). The number of carbonyl (C=O) groups excluding carboxylic acids is 3. The fourth-order valence-electron chi connectivity index (χ4n) is 4.27. The van der Waals surface area contributed by atoms with Gasteiger partial charge < -0.3 is 9.80 Å². The van der Waals surface area contributed by atoms with Crippen LogP contribution in [0.5, 0.6) is 0 Å². The Bertz CT molecular complexity index is 1130. The smallest absolute Gasteiger partial charge is 0.325 e. The van der Waals surface area contributed by atoms with E-state index < -0.39 is 5.54 Å². The molecule has 2 aliphatic rings. The number of fused-ring (bicyclic) bond motifs is 1. The van der Waals surface area contributed by atoms with Crippen molar-refractivity contribution in [1.82, 2.24) is 30.3 Å². The zero-order valence-corrected chi connectivity index (χ0v) is 16.2. The molecule has 2 fully saturated rings. The number of benzene rings is 1. The number of hydrogen-bond donors (Lipinski definition) is 2. The van der Waals surface area contributed by atoms with Gasteiger partial charge in [0.2, 0.25) is 0 Å². The number of rotatable bonds is 3. The van der Waals surface area contributed by atoms with Gasteiger partial charge in [-0.1, -0.05) is 30.3 Å². The molecule has 0 unspecified atom stereocenters. The molecule has 5 rings (SSSR count). The van der Waals surface area contributed by atoms with E-state index in [0.717, 1.165) is 10.9 Å². The lowest BCUT2D eigenvalue weighted by molar-refractivity contribution is -0.129. The Balaban J connectivity index is 1.34. The molecule has 4 amide bonds. The monoisotopic (exact) mass is 404 g/mol. The number of urea groups is 1. The fraction of sp³-hybridized carbons (Fsp3) is 0.286. The molecule has 2 aromatic heterocycles. The van der Waals surface area contributed by atoms with Gasteiger partial charge in [-0.25, -0.2) is 9.78 Å². The first-order chi connectivity index (χ1) is 14.6. The molecule has 0 bridgehead atoms. The van der Waals surface area contributed by atoms with Crippen LogP contribution in [0.2, 0.25) is 0 Å². The van der Waals surface area contributed by atoms with Gasteiger partial charge in [-0.3, -0.25) is 20.0 Å². The Morgan fingerprint density at radius 2 is 1.83 bits per heavy atom. The van der Waals surface area contributed by atoms with Crippen LogP contribution in [0.1, 0.15) is 28.9 Å². The molecule has 9 heteroatoms. The predicted octanol–water partition coefficient (Wildman–Crippen LogP) is 1.68. The summed E-state index contributed by atoms with van der Waals surface area (Å²) in [4.78, 5) is 45.8. The largest absolute Gasteiger partial charge is 0.337 e. The van der Waals surface area contributed by atoms with E-state index in [1.165, 1.54) is 0 Å². The van der Waals surface area contributed by atoms with Gasteiger partial charge in [0.05, 0.1) is 6.20 Å². The van der Waals surface area contributed by atoms with Crippen molar-refractivity contribution < 1.29 is 14.4 Å². The van der Waals surface area contributed by atoms with Crippen molar-refractivity contribution in [3.05, 3.63) is 59.9 Å². The number of amides is 4. The molecule has 9 nitrogen and oxygen atoms in total. The number of aromatic amines is 1. The lowest BCUT2D eigenvalue weighted by Crippen LogP contribution is -2.57. The zero-order valence-electron chi connectivity index (χ0n) is 16.2. The highest BCUT2D eigenvalue weighted by atomic mass is 16.2. The van der Waals surface area contributed by atoms with Gasteiger partial charge in [-0.2, -0.15) is 5.10 Å². The maximum atomic E-state index is 12.9. The third kappa shape index (κ3) is 2.90. The molecular weight excluding hydrogens is 384 g/mol. The van der Waals surface area contributed by atoms with E-state index in [1.807, 2.05) is 30.3 Å². The number of nitrogens with zero attached hydrogens (tertiary/aromatic N) is 4. The Kier molecular flexibility index (Phi) is 4.23. The van der Waals surface area contributed by atoms with Crippen LogP contribution in [0.3, 0.4) is 0 Å². The first-order valence-electron chi connectivity index (χ1n) is 9.83. The molecule has 30 heavy (non-hydrogen) atoms. The summed E-state index contributed by atoms with van der Waals surface area (Å²) in [7, 11) is 0. The van der Waals surface area contributed by atoms with E-state index in [-0.39, 0.29) is 17.8 Å². The molecule has 4 heterocycles. The Hall–Kier alpha value is -3.75. The van der Waals surface area contributed by atoms with Crippen LogP contribution in [0.25, 0.3) is 11.0 Å². The van der Waals surface area contributed by atoms with Gasteiger partial charge in [-0.15, -0.1) is 0 Å². The summed E-state index contributed by atoms with van der Waals surface area (Å²) in [6.07, 6.45) is 2.42. The number of nitrogens with one attached hydrogen (secondary N) is 2. The Labute approximate surface area is 172 Å². The summed E-state index contributed by atoms with van der Waals surface area (Å²) in [6, 6.07) is 12.7. The predicted molar refractivity (Wildman–Crippen MR) is 107 cm³/mol. The SMILES string of the molecule is O=C(c1ccc2cn[nH]c2n1)N1CCC2(CC1)C(=O)NC(=O)N2Cc1ccccc1. The number of carbonyl (C=O) groups is 3. The van der Waals surface area contributed by atoms with Crippen LogP contribution in [-0.4, -0.2) is 61.5 Å². The fourth-order valence-corrected chi connectivity index (χ4v) is 4.27. The van der Waals surface area contributed by atoms with Gasteiger partial charge >= 0.3 is 6.03 Å². The third-order valence-electron chi connectivity index (χ3n) is 5.99. The highest BCUT2D eigenvalue weighted by Crippen LogP contribution is 2.35. The normalized spacial score (nSPS) is 18.3. The lowest BCUT2D eigenvalue weighted by atomic mass is 9.85. The van der Waals surface area contributed by atoms with E-state index in [9.17, 15) is 14.4 Å². The van der Waals surface area contributed by atoms with Crippen molar-refractivity contribution in [2.45, 2.75) is 24.9 Å². The number of H-pyrrole nitrogens is 1. The molecule has 2 aliphatic heterocycles. The molecule has 3 aromatic rings. The highest BCUT2D eigenvalue weighted by Gasteiger charge is 2.54. The van der Waals surface area contributed by atoms with Crippen molar-refractivity contribution in [3.8, 4) is 0 Å². The van der Waals surface area contributed by atoms with Crippen molar-refractivity contribution in [2.24, 2.45) is 0 Å². The van der Waals surface area contributed by atoms with Gasteiger partial charge in [0.1, 0.15) is 11.2 Å². The number of piperidine rings is 1. The first-order valence-corrected chi connectivity index (χ1v) is 9.83. The minimum absolute atomic E-state index is 0.194. The second kappa shape index (κ2) is 6.94. The van der Waals surface area contributed by atoms with E-state index in [0.29, 0.717) is 43.8 Å². The second-order valence-electron chi connectivity index (χ2n) is 7.66. The molecule has 152 valence electrons. The molecule has 1 aromatic carbocycles. The summed E-state index contributed by atoms with van der Waals surface area (Å²) >= 11 is 0. The van der Waals surface area contributed by atoms with Gasteiger partial charge in [0.25, 0.3) is 11.8 Å². The Morgan fingerprint density at radius 1 is 1.07 bits per heavy atom. The number of pyridine rings is 1. The van der Waals surface area contributed by atoms with Crippen molar-refractivity contribution in [1.29, 1.82) is 0 Å². The summed E-state index contributed by atoms with van der Waals surface area (Å²) in [5.74, 6) is -0.478. The van der Waals surface area contributed by atoms with Gasteiger partial charge in [-0.05, 0) is 30.5 Å². The summed E-state index contributed by atoms with van der Waals surface area (Å²) < 4.78 is 0. The molecule has 2 N–H and O–H groups in total. The Morgan fingerprint density at radius 3 is 2.60 bits per heavy atom. The molecule has 1 spiro atoms. The quantitative estimate of drug-likeness (QED) is 0.645. The number of hydrogen-bond acceptors (Lipinski definition) is 5. The molecule has 0 saturated carbocycles. The molecular formula is C21H20N6O3. The van der Waals surface area contributed by atoms with E-state index in [1.54, 1.807) is 28.1 Å². The molecule has 0 atom stereocenters. The number of aromatic nitrogens is 3. The third-order valence-corrected chi connectivity index (χ3v) is 5.99. The van der Waals surface area contributed by atoms with Crippen LogP contribution >= 0.6 is 0 Å². The van der Waals surface area contributed by atoms with E-state index >= 15 is 0 Å². The summed E-state index contributed by atoms with van der Waals surface area (Å²) in [6.45, 7) is 1.09.